The summed E-state index contributed by atoms with van der Waals surface area (Å²) in [7, 11) is 0. The van der Waals surface area contributed by atoms with Crippen LogP contribution in [0, 0.1) is 0 Å². The molecule has 16 heavy (non-hydrogen) atoms. The molecule has 1 aromatic heterocycles. The van der Waals surface area contributed by atoms with E-state index in [2.05, 4.69) is 10.2 Å². The summed E-state index contributed by atoms with van der Waals surface area (Å²) < 4.78 is 0. The summed E-state index contributed by atoms with van der Waals surface area (Å²) in [5, 5.41) is 18.4. The van der Waals surface area contributed by atoms with Crippen molar-refractivity contribution in [3.8, 4) is 0 Å². The highest BCUT2D eigenvalue weighted by Gasteiger charge is 2.12. The fourth-order valence-electron chi connectivity index (χ4n) is 1.85. The minimum Gasteiger partial charge on any atom is -0.481 e. The van der Waals surface area contributed by atoms with Crippen molar-refractivity contribution in [2.75, 3.05) is 0 Å². The van der Waals surface area contributed by atoms with Crippen molar-refractivity contribution >= 4 is 16.7 Å². The number of carbonyl (C=O) groups is 1. The van der Waals surface area contributed by atoms with Crippen molar-refractivity contribution < 1.29 is 9.90 Å². The van der Waals surface area contributed by atoms with E-state index in [1.165, 1.54) is 0 Å². The van der Waals surface area contributed by atoms with Gasteiger partial charge in [-0.2, -0.15) is 10.2 Å². The third kappa shape index (κ3) is 2.00. The molecule has 0 bridgehead atoms. The molecular formula is C12H12N2O2. The molecule has 0 aliphatic rings. The highest BCUT2D eigenvalue weighted by atomic mass is 16.4. The van der Waals surface area contributed by atoms with Crippen LogP contribution < -0.4 is 0 Å². The molecule has 0 radical (unpaired) electrons. The van der Waals surface area contributed by atoms with Crippen LogP contribution in [0.1, 0.15) is 24.8 Å². The quantitative estimate of drug-likeness (QED) is 0.854. The zero-order chi connectivity index (χ0) is 11.5. The van der Waals surface area contributed by atoms with Crippen LogP contribution in [0.5, 0.6) is 0 Å². The summed E-state index contributed by atoms with van der Waals surface area (Å²) in [5.41, 5.74) is 1.01. The molecule has 2 rings (SSSR count). The Labute approximate surface area is 92.9 Å². The molecule has 0 saturated heterocycles. The fraction of sp³-hybridized carbons (Fsp3) is 0.250. The van der Waals surface area contributed by atoms with Gasteiger partial charge >= 0.3 is 5.97 Å². The second-order valence-electron chi connectivity index (χ2n) is 3.84. The van der Waals surface area contributed by atoms with Crippen LogP contribution in [0.25, 0.3) is 10.8 Å². The summed E-state index contributed by atoms with van der Waals surface area (Å²) in [6, 6.07) is 5.80. The second kappa shape index (κ2) is 4.26. The Hall–Kier alpha value is -1.97. The van der Waals surface area contributed by atoms with E-state index in [4.69, 9.17) is 5.11 Å². The lowest BCUT2D eigenvalue weighted by Crippen LogP contribution is -2.03. The number of hydrogen-bond donors (Lipinski definition) is 1. The maximum atomic E-state index is 10.7. The molecule has 2 aromatic rings. The van der Waals surface area contributed by atoms with Gasteiger partial charge < -0.3 is 5.11 Å². The molecule has 0 fully saturated rings. The minimum atomic E-state index is -0.786. The van der Waals surface area contributed by atoms with Crippen molar-refractivity contribution in [1.82, 2.24) is 10.2 Å². The van der Waals surface area contributed by atoms with E-state index in [0.29, 0.717) is 0 Å². The van der Waals surface area contributed by atoms with Gasteiger partial charge in [-0.05, 0) is 11.5 Å². The average molecular weight is 216 g/mol. The number of aromatic nitrogens is 2. The third-order valence-electron chi connectivity index (χ3n) is 2.64. The second-order valence-corrected chi connectivity index (χ2v) is 3.84. The lowest BCUT2D eigenvalue weighted by Gasteiger charge is -2.11. The van der Waals surface area contributed by atoms with Crippen LogP contribution in [0.2, 0.25) is 0 Å². The molecule has 1 heterocycles. The molecule has 0 amide bonds. The molecule has 0 spiro atoms. The fourth-order valence-corrected chi connectivity index (χ4v) is 1.85. The normalized spacial score (nSPS) is 12.6. The van der Waals surface area contributed by atoms with Crippen molar-refractivity contribution in [2.24, 2.45) is 0 Å². The number of hydrogen-bond acceptors (Lipinski definition) is 3. The maximum absolute atomic E-state index is 10.7. The predicted molar refractivity (Wildman–Crippen MR) is 60.2 cm³/mol. The SMILES string of the molecule is CC(CC(=O)O)c1cccc2cnncc12. The van der Waals surface area contributed by atoms with Crippen molar-refractivity contribution in [3.05, 3.63) is 36.2 Å². The van der Waals surface area contributed by atoms with Gasteiger partial charge in [0.25, 0.3) is 0 Å². The number of carboxylic acids is 1. The van der Waals surface area contributed by atoms with E-state index in [1.54, 1.807) is 12.4 Å². The Morgan fingerprint density at radius 3 is 2.88 bits per heavy atom. The van der Waals surface area contributed by atoms with Crippen LogP contribution in [0.4, 0.5) is 0 Å². The molecule has 1 aromatic carbocycles. The van der Waals surface area contributed by atoms with E-state index >= 15 is 0 Å². The van der Waals surface area contributed by atoms with Gasteiger partial charge in [-0.1, -0.05) is 25.1 Å². The summed E-state index contributed by atoms with van der Waals surface area (Å²) >= 11 is 0. The first-order valence-corrected chi connectivity index (χ1v) is 5.09. The van der Waals surface area contributed by atoms with Crippen LogP contribution in [0.15, 0.2) is 30.6 Å². The maximum Gasteiger partial charge on any atom is 0.303 e. The van der Waals surface area contributed by atoms with E-state index < -0.39 is 5.97 Å². The van der Waals surface area contributed by atoms with Crippen LogP contribution >= 0.6 is 0 Å². The van der Waals surface area contributed by atoms with Crippen molar-refractivity contribution in [3.63, 3.8) is 0 Å². The summed E-state index contributed by atoms with van der Waals surface area (Å²) in [6.07, 6.45) is 3.50. The van der Waals surface area contributed by atoms with Crippen LogP contribution in [-0.2, 0) is 4.79 Å². The Bertz CT molecular complexity index is 520. The van der Waals surface area contributed by atoms with Gasteiger partial charge in [-0.15, -0.1) is 0 Å². The van der Waals surface area contributed by atoms with E-state index in [1.807, 2.05) is 25.1 Å². The number of carboxylic acid groups (broad SMARTS) is 1. The summed E-state index contributed by atoms with van der Waals surface area (Å²) in [5.74, 6) is -0.808. The first-order chi connectivity index (χ1) is 7.68. The van der Waals surface area contributed by atoms with Gasteiger partial charge in [0.2, 0.25) is 0 Å². The van der Waals surface area contributed by atoms with Gasteiger partial charge in [-0.3, -0.25) is 4.79 Å². The molecule has 1 N–H and O–H groups in total. The molecule has 0 aliphatic heterocycles. The monoisotopic (exact) mass is 216 g/mol. The van der Waals surface area contributed by atoms with E-state index in [0.717, 1.165) is 16.3 Å². The topological polar surface area (TPSA) is 63.1 Å². The highest BCUT2D eigenvalue weighted by molar-refractivity contribution is 5.85. The molecule has 1 unspecified atom stereocenters. The molecule has 4 nitrogen and oxygen atoms in total. The van der Waals surface area contributed by atoms with Crippen molar-refractivity contribution in [1.29, 1.82) is 0 Å². The zero-order valence-electron chi connectivity index (χ0n) is 8.92. The van der Waals surface area contributed by atoms with Crippen LogP contribution in [-0.4, -0.2) is 21.3 Å². The number of rotatable bonds is 3. The summed E-state index contributed by atoms with van der Waals surface area (Å²) in [6.45, 7) is 1.91. The van der Waals surface area contributed by atoms with Gasteiger partial charge in [0.05, 0.1) is 18.8 Å². The first-order valence-electron chi connectivity index (χ1n) is 5.09. The smallest absolute Gasteiger partial charge is 0.303 e. The lowest BCUT2D eigenvalue weighted by molar-refractivity contribution is -0.137. The molecule has 82 valence electrons. The molecule has 0 saturated carbocycles. The van der Waals surface area contributed by atoms with Gasteiger partial charge in [0.1, 0.15) is 0 Å². The lowest BCUT2D eigenvalue weighted by atomic mass is 9.94. The number of nitrogens with zero attached hydrogens (tertiary/aromatic N) is 2. The Kier molecular flexibility index (Phi) is 2.81. The number of aliphatic carboxylic acids is 1. The molecule has 1 atom stereocenters. The van der Waals surface area contributed by atoms with Crippen LogP contribution in [0.3, 0.4) is 0 Å². The highest BCUT2D eigenvalue weighted by Crippen LogP contribution is 2.26. The number of fused-ring (bicyclic) bond motifs is 1. The average Bonchev–Trinajstić information content (AvgIpc) is 2.27. The first kappa shape index (κ1) is 10.5. The molecule has 0 aliphatic carbocycles. The number of benzene rings is 1. The Balaban J connectivity index is 2.47. The predicted octanol–water partition coefficient (Wildman–Crippen LogP) is 2.21. The van der Waals surface area contributed by atoms with E-state index in [9.17, 15) is 4.79 Å². The zero-order valence-corrected chi connectivity index (χ0v) is 8.92. The largest absolute Gasteiger partial charge is 0.481 e. The Morgan fingerprint density at radius 1 is 1.38 bits per heavy atom. The standard InChI is InChI=1S/C12H12N2O2/c1-8(5-12(15)16)10-4-2-3-9-6-13-14-7-11(9)10/h2-4,6-8H,5H2,1H3,(H,15,16). The van der Waals surface area contributed by atoms with Gasteiger partial charge in [0, 0.05) is 10.8 Å². The van der Waals surface area contributed by atoms with Gasteiger partial charge in [0.15, 0.2) is 0 Å². The molecular weight excluding hydrogens is 204 g/mol. The van der Waals surface area contributed by atoms with Gasteiger partial charge in [-0.25, -0.2) is 0 Å². The van der Waals surface area contributed by atoms with E-state index in [-0.39, 0.29) is 12.3 Å². The third-order valence-corrected chi connectivity index (χ3v) is 2.64. The summed E-state index contributed by atoms with van der Waals surface area (Å²) in [4.78, 5) is 10.7. The van der Waals surface area contributed by atoms with Crippen molar-refractivity contribution in [2.45, 2.75) is 19.3 Å². The minimum absolute atomic E-state index is 0.0228. The molecule has 4 heteroatoms. The Morgan fingerprint density at radius 2 is 2.12 bits per heavy atom.